The number of ether oxygens (including phenoxy) is 1. The van der Waals surface area contributed by atoms with Gasteiger partial charge >= 0.3 is 5.97 Å². The van der Waals surface area contributed by atoms with Gasteiger partial charge in [0.1, 0.15) is 5.56 Å². The number of hydrogen-bond acceptors (Lipinski definition) is 4. The van der Waals surface area contributed by atoms with Crippen LogP contribution in [0.3, 0.4) is 0 Å². The van der Waals surface area contributed by atoms with Crippen LogP contribution in [0.5, 0.6) is 0 Å². The first-order valence-electron chi connectivity index (χ1n) is 6.70. The molecule has 0 saturated heterocycles. The number of hydrogen-bond donors (Lipinski definition) is 1. The van der Waals surface area contributed by atoms with Gasteiger partial charge in [0.05, 0.1) is 17.6 Å². The van der Waals surface area contributed by atoms with Crippen molar-refractivity contribution >= 4 is 11.7 Å². The maximum absolute atomic E-state index is 11.2. The van der Waals surface area contributed by atoms with Crippen molar-refractivity contribution in [2.45, 2.75) is 44.8 Å². The van der Waals surface area contributed by atoms with E-state index in [9.17, 15) is 20.0 Å². The Hall–Kier alpha value is -1.95. The summed E-state index contributed by atoms with van der Waals surface area (Å²) in [4.78, 5) is 21.5. The van der Waals surface area contributed by atoms with Gasteiger partial charge in [-0.3, -0.25) is 10.1 Å². The molecule has 1 aromatic rings. The van der Waals surface area contributed by atoms with E-state index in [0.29, 0.717) is 5.56 Å². The zero-order valence-corrected chi connectivity index (χ0v) is 11.1. The summed E-state index contributed by atoms with van der Waals surface area (Å²) in [5.74, 6) is -1.29. The highest BCUT2D eigenvalue weighted by Gasteiger charge is 2.24. The molecule has 1 N–H and O–H groups in total. The first kappa shape index (κ1) is 14.5. The van der Waals surface area contributed by atoms with Crippen molar-refractivity contribution in [3.63, 3.8) is 0 Å². The average molecular weight is 279 g/mol. The molecule has 0 radical (unpaired) electrons. The molecule has 6 heteroatoms. The van der Waals surface area contributed by atoms with Crippen molar-refractivity contribution in [1.82, 2.24) is 0 Å². The molecule has 0 unspecified atom stereocenters. The molecule has 6 nitrogen and oxygen atoms in total. The van der Waals surface area contributed by atoms with Crippen molar-refractivity contribution < 1.29 is 19.6 Å². The van der Waals surface area contributed by atoms with Gasteiger partial charge < -0.3 is 9.84 Å². The summed E-state index contributed by atoms with van der Waals surface area (Å²) in [6.07, 6.45) is 5.51. The Morgan fingerprint density at radius 2 is 2.05 bits per heavy atom. The molecule has 0 spiro atoms. The second-order valence-corrected chi connectivity index (χ2v) is 4.94. The molecule has 0 atom stereocenters. The maximum Gasteiger partial charge on any atom is 0.343 e. The highest BCUT2D eigenvalue weighted by molar-refractivity contribution is 5.94. The lowest BCUT2D eigenvalue weighted by Gasteiger charge is -2.22. The summed E-state index contributed by atoms with van der Waals surface area (Å²) in [7, 11) is 0. The van der Waals surface area contributed by atoms with Gasteiger partial charge in [-0.05, 0) is 18.4 Å². The zero-order valence-electron chi connectivity index (χ0n) is 11.1. The largest absolute Gasteiger partial charge is 0.477 e. The van der Waals surface area contributed by atoms with E-state index in [1.165, 1.54) is 18.6 Å². The van der Waals surface area contributed by atoms with Gasteiger partial charge in [-0.1, -0.05) is 31.4 Å². The first-order valence-corrected chi connectivity index (χ1v) is 6.70. The van der Waals surface area contributed by atoms with E-state index >= 15 is 0 Å². The molecule has 0 bridgehead atoms. The van der Waals surface area contributed by atoms with Crippen LogP contribution in [0.1, 0.15) is 48.0 Å². The lowest BCUT2D eigenvalue weighted by atomic mass is 9.97. The molecule has 108 valence electrons. The maximum atomic E-state index is 11.2. The minimum atomic E-state index is -1.29. The standard InChI is InChI=1S/C14H17NO5/c16-14(17)13-10(5-4-8-12(13)15(18)19)9-20-11-6-2-1-3-7-11/h4-5,8,11H,1-3,6-7,9H2,(H,16,17). The van der Waals surface area contributed by atoms with Gasteiger partial charge in [0.2, 0.25) is 0 Å². The second-order valence-electron chi connectivity index (χ2n) is 4.94. The van der Waals surface area contributed by atoms with E-state index in [1.807, 2.05) is 0 Å². The summed E-state index contributed by atoms with van der Waals surface area (Å²) in [5, 5.41) is 20.1. The quantitative estimate of drug-likeness (QED) is 0.660. The Morgan fingerprint density at radius 3 is 2.65 bits per heavy atom. The van der Waals surface area contributed by atoms with E-state index in [0.717, 1.165) is 25.7 Å². The van der Waals surface area contributed by atoms with Crippen molar-refractivity contribution in [3.8, 4) is 0 Å². The first-order chi connectivity index (χ1) is 9.59. The summed E-state index contributed by atoms with van der Waals surface area (Å²) < 4.78 is 5.71. The van der Waals surface area contributed by atoms with Crippen LogP contribution in [0.15, 0.2) is 18.2 Å². The predicted octanol–water partition coefficient (Wildman–Crippen LogP) is 3.14. The third kappa shape index (κ3) is 3.33. The van der Waals surface area contributed by atoms with Crippen molar-refractivity contribution in [1.29, 1.82) is 0 Å². The van der Waals surface area contributed by atoms with Crippen molar-refractivity contribution in [2.75, 3.05) is 0 Å². The highest BCUT2D eigenvalue weighted by Crippen LogP contribution is 2.25. The van der Waals surface area contributed by atoms with Gasteiger partial charge in [-0.2, -0.15) is 0 Å². The fourth-order valence-corrected chi connectivity index (χ4v) is 2.55. The van der Waals surface area contributed by atoms with Crippen molar-refractivity contribution in [3.05, 3.63) is 39.4 Å². The topological polar surface area (TPSA) is 89.7 Å². The number of aromatic carboxylic acids is 1. The number of benzene rings is 1. The number of rotatable bonds is 5. The van der Waals surface area contributed by atoms with Gasteiger partial charge in [-0.25, -0.2) is 4.79 Å². The van der Waals surface area contributed by atoms with Crippen LogP contribution in [0, 0.1) is 10.1 Å². The van der Waals surface area contributed by atoms with Gasteiger partial charge in [0.15, 0.2) is 0 Å². The fourth-order valence-electron chi connectivity index (χ4n) is 2.55. The lowest BCUT2D eigenvalue weighted by Crippen LogP contribution is -2.17. The Kier molecular flexibility index (Phi) is 4.68. The summed E-state index contributed by atoms with van der Waals surface area (Å²) >= 11 is 0. The minimum absolute atomic E-state index is 0.105. The summed E-state index contributed by atoms with van der Waals surface area (Å²) in [6.45, 7) is 0.105. The van der Waals surface area contributed by atoms with Gasteiger partial charge in [0.25, 0.3) is 5.69 Å². The molecular formula is C14H17NO5. The molecule has 1 saturated carbocycles. The number of nitro benzene ring substituents is 1. The highest BCUT2D eigenvalue weighted by atomic mass is 16.6. The third-order valence-corrected chi connectivity index (χ3v) is 3.57. The number of carbonyl (C=O) groups is 1. The number of carboxylic acids is 1. The van der Waals surface area contributed by atoms with Gasteiger partial charge in [-0.15, -0.1) is 0 Å². The smallest absolute Gasteiger partial charge is 0.343 e. The molecule has 20 heavy (non-hydrogen) atoms. The molecule has 0 aliphatic heterocycles. The summed E-state index contributed by atoms with van der Waals surface area (Å²) in [5.41, 5.74) is -0.298. The molecule has 0 amide bonds. The Balaban J connectivity index is 2.16. The van der Waals surface area contributed by atoms with Crippen LogP contribution in [0.4, 0.5) is 5.69 Å². The molecule has 1 aliphatic carbocycles. The van der Waals surface area contributed by atoms with Crippen LogP contribution < -0.4 is 0 Å². The van der Waals surface area contributed by atoms with E-state index in [1.54, 1.807) is 6.07 Å². The normalized spacial score (nSPS) is 16.0. The van der Waals surface area contributed by atoms with Crippen LogP contribution in [0.25, 0.3) is 0 Å². The zero-order chi connectivity index (χ0) is 14.5. The van der Waals surface area contributed by atoms with E-state index in [4.69, 9.17) is 4.74 Å². The monoisotopic (exact) mass is 279 g/mol. The number of nitro groups is 1. The molecule has 1 aliphatic rings. The minimum Gasteiger partial charge on any atom is -0.477 e. The molecular weight excluding hydrogens is 262 g/mol. The third-order valence-electron chi connectivity index (χ3n) is 3.57. The Labute approximate surface area is 116 Å². The number of nitrogens with zero attached hydrogens (tertiary/aromatic N) is 1. The van der Waals surface area contributed by atoms with Crippen LogP contribution in [-0.4, -0.2) is 22.1 Å². The van der Waals surface area contributed by atoms with E-state index in [-0.39, 0.29) is 24.0 Å². The average Bonchev–Trinajstić information content (AvgIpc) is 2.45. The van der Waals surface area contributed by atoms with Crippen LogP contribution in [-0.2, 0) is 11.3 Å². The lowest BCUT2D eigenvalue weighted by molar-refractivity contribution is -0.385. The van der Waals surface area contributed by atoms with Crippen LogP contribution >= 0.6 is 0 Å². The van der Waals surface area contributed by atoms with E-state index in [2.05, 4.69) is 0 Å². The molecule has 0 heterocycles. The second kappa shape index (κ2) is 6.47. The van der Waals surface area contributed by atoms with E-state index < -0.39 is 10.9 Å². The fraction of sp³-hybridized carbons (Fsp3) is 0.500. The SMILES string of the molecule is O=C(O)c1c(COC2CCCCC2)cccc1[N+](=O)[O-]. The van der Waals surface area contributed by atoms with Gasteiger partial charge in [0, 0.05) is 6.07 Å². The Morgan fingerprint density at radius 1 is 1.35 bits per heavy atom. The van der Waals surface area contributed by atoms with Crippen molar-refractivity contribution in [2.24, 2.45) is 0 Å². The molecule has 1 aromatic carbocycles. The predicted molar refractivity (Wildman–Crippen MR) is 71.7 cm³/mol. The molecule has 2 rings (SSSR count). The summed E-state index contributed by atoms with van der Waals surface area (Å²) in [6, 6.07) is 4.26. The van der Waals surface area contributed by atoms with Crippen LogP contribution in [0.2, 0.25) is 0 Å². The number of carboxylic acid groups (broad SMARTS) is 1. The molecule has 1 fully saturated rings. The molecule has 0 aromatic heterocycles. The Bertz CT molecular complexity index is 508.